The van der Waals surface area contributed by atoms with Crippen LogP contribution in [-0.4, -0.2) is 65.7 Å². The summed E-state index contributed by atoms with van der Waals surface area (Å²) in [4.78, 5) is 4.49. The third kappa shape index (κ3) is 17.8. The standard InChI is InChI=1S/C14H31N3O3.HI/c1-4-15-14(16-8-6-10-19-5-2)17-9-7-11-20-13-12-18-3;/h4-13H2,1-3H3,(H2,15,16,17);1H. The van der Waals surface area contributed by atoms with Crippen LogP contribution in [0.15, 0.2) is 4.99 Å². The second-order valence-electron chi connectivity index (χ2n) is 4.20. The zero-order chi connectivity index (χ0) is 14.9. The first-order valence-electron chi connectivity index (χ1n) is 7.51. The maximum Gasteiger partial charge on any atom is 0.191 e. The Morgan fingerprint density at radius 2 is 1.71 bits per heavy atom. The highest BCUT2D eigenvalue weighted by Gasteiger charge is 1.96. The molecule has 0 aliphatic heterocycles. The number of hydrogen-bond acceptors (Lipinski definition) is 4. The molecular weight excluding hydrogens is 385 g/mol. The van der Waals surface area contributed by atoms with Crippen molar-refractivity contribution < 1.29 is 14.2 Å². The molecule has 0 saturated carbocycles. The maximum atomic E-state index is 5.39. The van der Waals surface area contributed by atoms with Crippen LogP contribution >= 0.6 is 24.0 Å². The van der Waals surface area contributed by atoms with Gasteiger partial charge in [-0.25, -0.2) is 0 Å². The minimum atomic E-state index is 0. The molecule has 0 atom stereocenters. The molecule has 0 aromatic rings. The van der Waals surface area contributed by atoms with Crippen molar-refractivity contribution in [3.63, 3.8) is 0 Å². The zero-order valence-corrected chi connectivity index (χ0v) is 16.0. The molecular formula is C14H32IN3O3. The fourth-order valence-corrected chi connectivity index (χ4v) is 1.47. The fraction of sp³-hybridized carbons (Fsp3) is 0.929. The van der Waals surface area contributed by atoms with Crippen LogP contribution in [-0.2, 0) is 14.2 Å². The van der Waals surface area contributed by atoms with Gasteiger partial charge in [0.15, 0.2) is 5.96 Å². The third-order valence-electron chi connectivity index (χ3n) is 2.45. The second-order valence-corrected chi connectivity index (χ2v) is 4.20. The van der Waals surface area contributed by atoms with Crippen LogP contribution < -0.4 is 10.6 Å². The van der Waals surface area contributed by atoms with Crippen molar-refractivity contribution in [2.45, 2.75) is 26.7 Å². The van der Waals surface area contributed by atoms with Crippen molar-refractivity contribution in [3.8, 4) is 0 Å². The van der Waals surface area contributed by atoms with Crippen molar-refractivity contribution in [2.75, 3.05) is 59.8 Å². The summed E-state index contributed by atoms with van der Waals surface area (Å²) in [6.07, 6.45) is 1.90. The van der Waals surface area contributed by atoms with Gasteiger partial charge < -0.3 is 24.8 Å². The molecule has 0 radical (unpaired) electrons. The van der Waals surface area contributed by atoms with Crippen LogP contribution in [0.2, 0.25) is 0 Å². The Morgan fingerprint density at radius 3 is 2.38 bits per heavy atom. The van der Waals surface area contributed by atoms with Crippen molar-refractivity contribution >= 4 is 29.9 Å². The molecule has 0 aromatic carbocycles. The highest BCUT2D eigenvalue weighted by atomic mass is 127. The summed E-state index contributed by atoms with van der Waals surface area (Å²) < 4.78 is 15.6. The summed E-state index contributed by atoms with van der Waals surface area (Å²) in [5.41, 5.74) is 0. The average Bonchev–Trinajstić information content (AvgIpc) is 2.46. The molecule has 0 bridgehead atoms. The first kappa shape index (κ1) is 23.2. The topological polar surface area (TPSA) is 64.1 Å². The van der Waals surface area contributed by atoms with Gasteiger partial charge >= 0.3 is 0 Å². The lowest BCUT2D eigenvalue weighted by atomic mass is 10.4. The van der Waals surface area contributed by atoms with Gasteiger partial charge in [0.2, 0.25) is 0 Å². The van der Waals surface area contributed by atoms with Crippen molar-refractivity contribution in [1.82, 2.24) is 10.6 Å². The molecule has 0 aliphatic rings. The van der Waals surface area contributed by atoms with Crippen LogP contribution in [0.3, 0.4) is 0 Å². The first-order valence-corrected chi connectivity index (χ1v) is 7.51. The number of hydrogen-bond donors (Lipinski definition) is 2. The maximum absolute atomic E-state index is 5.39. The number of methoxy groups -OCH3 is 1. The molecule has 0 heterocycles. The van der Waals surface area contributed by atoms with E-state index in [1.807, 2.05) is 6.92 Å². The molecule has 0 aromatic heterocycles. The first-order chi connectivity index (χ1) is 9.85. The highest BCUT2D eigenvalue weighted by molar-refractivity contribution is 14.0. The van der Waals surface area contributed by atoms with E-state index in [4.69, 9.17) is 14.2 Å². The largest absolute Gasteiger partial charge is 0.382 e. The number of nitrogens with zero attached hydrogens (tertiary/aromatic N) is 1. The number of ether oxygens (including phenoxy) is 3. The molecule has 128 valence electrons. The van der Waals surface area contributed by atoms with E-state index in [1.54, 1.807) is 7.11 Å². The van der Waals surface area contributed by atoms with E-state index in [1.165, 1.54) is 0 Å². The van der Waals surface area contributed by atoms with Crippen LogP contribution in [0.25, 0.3) is 0 Å². The van der Waals surface area contributed by atoms with Gasteiger partial charge in [0.05, 0.1) is 13.2 Å². The smallest absolute Gasteiger partial charge is 0.191 e. The minimum Gasteiger partial charge on any atom is -0.382 e. The Kier molecular flexibility index (Phi) is 21.9. The van der Waals surface area contributed by atoms with E-state index >= 15 is 0 Å². The van der Waals surface area contributed by atoms with Crippen LogP contribution in [0.1, 0.15) is 26.7 Å². The van der Waals surface area contributed by atoms with Crippen LogP contribution in [0.5, 0.6) is 0 Å². The number of rotatable bonds is 13. The van der Waals surface area contributed by atoms with E-state index in [0.29, 0.717) is 13.2 Å². The Balaban J connectivity index is 0. The summed E-state index contributed by atoms with van der Waals surface area (Å²) in [7, 11) is 1.67. The number of halogens is 1. The Bertz CT molecular complexity index is 232. The molecule has 0 amide bonds. The average molecular weight is 417 g/mol. The SMILES string of the molecule is CCNC(=NCCCOCCOC)NCCCOCC.I. The predicted molar refractivity (Wildman–Crippen MR) is 97.8 cm³/mol. The van der Waals surface area contributed by atoms with E-state index < -0.39 is 0 Å². The molecule has 0 saturated heterocycles. The second kappa shape index (κ2) is 19.9. The summed E-state index contributed by atoms with van der Waals surface area (Å²) in [6, 6.07) is 0. The van der Waals surface area contributed by atoms with Gasteiger partial charge in [-0.05, 0) is 26.7 Å². The molecule has 0 rings (SSSR count). The van der Waals surface area contributed by atoms with Gasteiger partial charge in [-0.2, -0.15) is 0 Å². The summed E-state index contributed by atoms with van der Waals surface area (Å²) in [5, 5.41) is 6.51. The van der Waals surface area contributed by atoms with Gasteiger partial charge in [-0.3, -0.25) is 4.99 Å². The molecule has 0 fully saturated rings. The van der Waals surface area contributed by atoms with E-state index in [0.717, 1.165) is 58.3 Å². The van der Waals surface area contributed by atoms with Gasteiger partial charge in [-0.15, -0.1) is 24.0 Å². The number of nitrogens with one attached hydrogen (secondary N) is 2. The lowest BCUT2D eigenvalue weighted by Gasteiger charge is -2.11. The summed E-state index contributed by atoms with van der Waals surface area (Å²) in [5.74, 6) is 0.862. The monoisotopic (exact) mass is 417 g/mol. The molecule has 0 aliphatic carbocycles. The lowest BCUT2D eigenvalue weighted by Crippen LogP contribution is -2.38. The Hall–Kier alpha value is -0.120. The van der Waals surface area contributed by atoms with Gasteiger partial charge in [0.25, 0.3) is 0 Å². The Labute approximate surface area is 146 Å². The number of guanidine groups is 1. The lowest BCUT2D eigenvalue weighted by molar-refractivity contribution is 0.0702. The predicted octanol–water partition coefficient (Wildman–Crippen LogP) is 1.64. The van der Waals surface area contributed by atoms with Gasteiger partial charge in [-0.1, -0.05) is 0 Å². The summed E-state index contributed by atoms with van der Waals surface area (Å²) in [6.45, 7) is 10.1. The Morgan fingerprint density at radius 1 is 0.952 bits per heavy atom. The molecule has 6 nitrogen and oxygen atoms in total. The van der Waals surface area contributed by atoms with Crippen LogP contribution in [0, 0.1) is 0 Å². The molecule has 21 heavy (non-hydrogen) atoms. The fourth-order valence-electron chi connectivity index (χ4n) is 1.47. The van der Waals surface area contributed by atoms with Gasteiger partial charge in [0, 0.05) is 46.6 Å². The van der Waals surface area contributed by atoms with Crippen molar-refractivity contribution in [2.24, 2.45) is 4.99 Å². The normalized spacial score (nSPS) is 11.1. The highest BCUT2D eigenvalue weighted by Crippen LogP contribution is 1.86. The van der Waals surface area contributed by atoms with Crippen molar-refractivity contribution in [3.05, 3.63) is 0 Å². The zero-order valence-electron chi connectivity index (χ0n) is 13.7. The molecule has 7 heteroatoms. The van der Waals surface area contributed by atoms with Crippen LogP contribution in [0.4, 0.5) is 0 Å². The molecule has 0 spiro atoms. The molecule has 0 unspecified atom stereocenters. The van der Waals surface area contributed by atoms with Crippen molar-refractivity contribution in [1.29, 1.82) is 0 Å². The van der Waals surface area contributed by atoms with E-state index in [2.05, 4.69) is 22.5 Å². The van der Waals surface area contributed by atoms with Gasteiger partial charge in [0.1, 0.15) is 0 Å². The third-order valence-corrected chi connectivity index (χ3v) is 2.45. The van der Waals surface area contributed by atoms with E-state index in [-0.39, 0.29) is 24.0 Å². The molecule has 2 N–H and O–H groups in total. The van der Waals surface area contributed by atoms with E-state index in [9.17, 15) is 0 Å². The quantitative estimate of drug-likeness (QED) is 0.207. The minimum absolute atomic E-state index is 0. The summed E-state index contributed by atoms with van der Waals surface area (Å²) >= 11 is 0. The number of aliphatic imine (C=N–C) groups is 1.